The average molecular weight is 943 g/mol. The summed E-state index contributed by atoms with van der Waals surface area (Å²) in [7, 11) is 0. The van der Waals surface area contributed by atoms with Crippen LogP contribution in [-0.2, 0) is 26.8 Å². The zero-order chi connectivity index (χ0) is 49.2. The standard InChI is InChI=1S/C48H36F6N4O10/c1-22-6-12-36(57-43(63)45(2,3)28-8-10-32-34(20-28)67-47(51,52)65-32)55-39(22)31-19-27(42(61)62)15-24(38(31)50)14-23-7-13-37(56-40(23)25-16-26(41(59)60)18-30(49)17-25)58-44(64)46(4,5)29-9-11-33-35(21-29)68-48(53,54)66-33/h6-13,15-21H,14H2,1-5H3,(H,59,60)(H,61,62)(H,55,57,63)(H,56,58,64). The third-order valence-corrected chi connectivity index (χ3v) is 11.4. The summed E-state index contributed by atoms with van der Waals surface area (Å²) in [4.78, 5) is 61.0. The van der Waals surface area contributed by atoms with E-state index in [2.05, 4.69) is 39.5 Å². The second kappa shape index (κ2) is 16.6. The van der Waals surface area contributed by atoms with Gasteiger partial charge < -0.3 is 39.8 Å². The lowest BCUT2D eigenvalue weighted by Crippen LogP contribution is -2.35. The largest absolute Gasteiger partial charge is 0.586 e. The van der Waals surface area contributed by atoms with E-state index in [1.54, 1.807) is 6.92 Å². The first-order valence-corrected chi connectivity index (χ1v) is 20.3. The first-order valence-electron chi connectivity index (χ1n) is 20.3. The first kappa shape index (κ1) is 46.4. The first-order chi connectivity index (χ1) is 31.8. The molecule has 2 aliphatic heterocycles. The minimum Gasteiger partial charge on any atom is -0.478 e. The van der Waals surface area contributed by atoms with Gasteiger partial charge in [0.1, 0.15) is 23.3 Å². The second-order valence-electron chi connectivity index (χ2n) is 16.9. The lowest BCUT2D eigenvalue weighted by atomic mass is 9.83. The summed E-state index contributed by atoms with van der Waals surface area (Å²) in [6.07, 6.45) is -8.23. The summed E-state index contributed by atoms with van der Waals surface area (Å²) in [6.45, 7) is 7.58. The Balaban J connectivity index is 1.13. The molecule has 2 amide bonds. The number of hydrogen-bond donors (Lipinski definition) is 4. The number of alkyl halides is 4. The highest BCUT2D eigenvalue weighted by Crippen LogP contribution is 2.45. The van der Waals surface area contributed by atoms with Crippen LogP contribution < -0.4 is 29.6 Å². The van der Waals surface area contributed by atoms with Gasteiger partial charge in [-0.25, -0.2) is 28.3 Å². The molecule has 350 valence electrons. The van der Waals surface area contributed by atoms with Crippen molar-refractivity contribution in [2.45, 2.75) is 64.5 Å². The monoisotopic (exact) mass is 942 g/mol. The Kier molecular flexibility index (Phi) is 11.3. The number of benzene rings is 4. The minimum atomic E-state index is -3.90. The van der Waals surface area contributed by atoms with Crippen LogP contribution in [0.1, 0.15) is 76.2 Å². The molecule has 4 heterocycles. The van der Waals surface area contributed by atoms with Crippen molar-refractivity contribution in [1.29, 1.82) is 0 Å². The number of aryl methyl sites for hydroxylation is 1. The van der Waals surface area contributed by atoms with Crippen molar-refractivity contribution >= 4 is 35.4 Å². The van der Waals surface area contributed by atoms with Crippen LogP contribution in [0, 0.1) is 18.6 Å². The zero-order valence-electron chi connectivity index (χ0n) is 36.2. The fraction of sp³-hybridized carbons (Fsp3) is 0.208. The number of halogens is 6. The smallest absolute Gasteiger partial charge is 0.478 e. The molecule has 0 aliphatic carbocycles. The van der Waals surface area contributed by atoms with Gasteiger partial charge in [-0.3, -0.25) is 9.59 Å². The summed E-state index contributed by atoms with van der Waals surface area (Å²) < 4.78 is 105. The predicted molar refractivity (Wildman–Crippen MR) is 229 cm³/mol. The molecule has 0 spiro atoms. The van der Waals surface area contributed by atoms with Gasteiger partial charge in [0.25, 0.3) is 0 Å². The number of carbonyl (C=O) groups excluding carboxylic acids is 2. The number of pyridine rings is 2. The zero-order valence-corrected chi connectivity index (χ0v) is 36.2. The molecule has 14 nitrogen and oxygen atoms in total. The molecule has 68 heavy (non-hydrogen) atoms. The molecule has 4 N–H and O–H groups in total. The van der Waals surface area contributed by atoms with Crippen molar-refractivity contribution in [1.82, 2.24) is 9.97 Å². The Morgan fingerprint density at radius 2 is 1.07 bits per heavy atom. The normalized spacial score (nSPS) is 14.3. The maximum absolute atomic E-state index is 17.0. The number of ether oxygens (including phenoxy) is 4. The van der Waals surface area contributed by atoms with Crippen LogP contribution >= 0.6 is 0 Å². The summed E-state index contributed by atoms with van der Waals surface area (Å²) in [5, 5.41) is 25.2. The highest BCUT2D eigenvalue weighted by molar-refractivity contribution is 5.99. The van der Waals surface area contributed by atoms with Crippen LogP contribution in [0.3, 0.4) is 0 Å². The molecule has 0 radical (unpaired) electrons. The van der Waals surface area contributed by atoms with Gasteiger partial charge in [-0.05, 0) is 129 Å². The van der Waals surface area contributed by atoms with E-state index in [0.29, 0.717) is 5.56 Å². The molecular weight excluding hydrogens is 907 g/mol. The molecule has 0 fully saturated rings. The molecule has 0 atom stereocenters. The number of aromatic carboxylic acids is 2. The van der Waals surface area contributed by atoms with Gasteiger partial charge in [-0.15, -0.1) is 17.6 Å². The van der Waals surface area contributed by atoms with E-state index < -0.39 is 70.8 Å². The highest BCUT2D eigenvalue weighted by atomic mass is 19.3. The van der Waals surface area contributed by atoms with Crippen LogP contribution in [0.2, 0.25) is 0 Å². The van der Waals surface area contributed by atoms with Crippen LogP contribution in [0.4, 0.5) is 38.0 Å². The molecule has 0 saturated heterocycles. The lowest BCUT2D eigenvalue weighted by molar-refractivity contribution is -0.287. The molecular formula is C48H36F6N4O10. The number of aromatic nitrogens is 2. The van der Waals surface area contributed by atoms with Crippen molar-refractivity contribution in [2.75, 3.05) is 10.6 Å². The van der Waals surface area contributed by atoms with Crippen molar-refractivity contribution in [3.8, 4) is 45.5 Å². The number of amides is 2. The minimum absolute atomic E-state index is 0.0702. The SMILES string of the molecule is Cc1ccc(NC(=O)C(C)(C)c2ccc3c(c2)OC(F)(F)O3)nc1-c1cc(C(=O)O)cc(Cc2ccc(NC(=O)C(C)(C)c3ccc4c(c3)OC(F)(F)O4)nc2-c2cc(F)cc(C(=O)O)c2)c1F. The fourth-order valence-corrected chi connectivity index (χ4v) is 7.47. The molecule has 2 aliphatic rings. The molecule has 8 rings (SSSR count). The molecule has 2 aromatic heterocycles. The lowest BCUT2D eigenvalue weighted by Gasteiger charge is -2.24. The van der Waals surface area contributed by atoms with E-state index in [-0.39, 0.29) is 85.0 Å². The van der Waals surface area contributed by atoms with Crippen molar-refractivity contribution in [3.63, 3.8) is 0 Å². The Morgan fingerprint density at radius 1 is 0.588 bits per heavy atom. The third kappa shape index (κ3) is 9.03. The van der Waals surface area contributed by atoms with E-state index in [0.717, 1.165) is 30.3 Å². The number of fused-ring (bicyclic) bond motifs is 2. The summed E-state index contributed by atoms with van der Waals surface area (Å²) >= 11 is 0. The van der Waals surface area contributed by atoms with E-state index in [1.807, 2.05) is 0 Å². The van der Waals surface area contributed by atoms with Crippen LogP contribution in [-0.4, -0.2) is 56.5 Å². The Morgan fingerprint density at radius 3 is 1.60 bits per heavy atom. The molecule has 6 aromatic rings. The van der Waals surface area contributed by atoms with Crippen molar-refractivity contribution in [2.24, 2.45) is 0 Å². The third-order valence-electron chi connectivity index (χ3n) is 11.4. The Labute approximate surface area is 381 Å². The number of hydrogen-bond acceptors (Lipinski definition) is 10. The van der Waals surface area contributed by atoms with E-state index >= 15 is 8.78 Å². The summed E-state index contributed by atoms with van der Waals surface area (Å²) in [5.74, 6) is -7.50. The summed E-state index contributed by atoms with van der Waals surface area (Å²) in [6, 6.07) is 18.3. The number of nitrogens with zero attached hydrogens (tertiary/aromatic N) is 2. The number of anilines is 2. The number of nitrogens with one attached hydrogen (secondary N) is 2. The van der Waals surface area contributed by atoms with Crippen molar-refractivity contribution in [3.05, 3.63) is 142 Å². The van der Waals surface area contributed by atoms with Gasteiger partial charge in [-0.1, -0.05) is 24.3 Å². The van der Waals surface area contributed by atoms with Gasteiger partial charge in [0.15, 0.2) is 23.0 Å². The predicted octanol–water partition coefficient (Wildman–Crippen LogP) is 9.86. The Hall–Kier alpha value is -8.16. The maximum atomic E-state index is 17.0. The molecule has 4 aromatic carbocycles. The van der Waals surface area contributed by atoms with Crippen LogP contribution in [0.15, 0.2) is 91.0 Å². The van der Waals surface area contributed by atoms with Gasteiger partial charge in [0.05, 0.1) is 33.3 Å². The van der Waals surface area contributed by atoms with Gasteiger partial charge in [0, 0.05) is 17.5 Å². The van der Waals surface area contributed by atoms with Crippen molar-refractivity contribution < 1.29 is 74.7 Å². The molecule has 0 bridgehead atoms. The topological polar surface area (TPSA) is 195 Å². The van der Waals surface area contributed by atoms with Crippen LogP contribution in [0.25, 0.3) is 22.5 Å². The fourth-order valence-electron chi connectivity index (χ4n) is 7.47. The maximum Gasteiger partial charge on any atom is 0.586 e. The molecule has 20 heteroatoms. The number of rotatable bonds is 12. The van der Waals surface area contributed by atoms with E-state index in [9.17, 15) is 47.0 Å². The Bertz CT molecular complexity index is 3120. The van der Waals surface area contributed by atoms with E-state index in [4.69, 9.17) is 0 Å². The average Bonchev–Trinajstić information content (AvgIpc) is 3.76. The van der Waals surface area contributed by atoms with Gasteiger partial charge in [0.2, 0.25) is 11.8 Å². The van der Waals surface area contributed by atoms with E-state index in [1.165, 1.54) is 88.4 Å². The van der Waals surface area contributed by atoms with Crippen LogP contribution in [0.5, 0.6) is 23.0 Å². The number of carbonyl (C=O) groups is 4. The second-order valence-corrected chi connectivity index (χ2v) is 16.9. The quantitative estimate of drug-likeness (QED) is 0.0850. The number of carboxylic acids is 2. The molecule has 0 saturated carbocycles. The summed E-state index contributed by atoms with van der Waals surface area (Å²) in [5.41, 5.74) is -3.51. The number of carboxylic acid groups (broad SMARTS) is 2. The van der Waals surface area contributed by atoms with Gasteiger partial charge >= 0.3 is 24.5 Å². The van der Waals surface area contributed by atoms with Gasteiger partial charge in [-0.2, -0.15) is 0 Å². The highest BCUT2D eigenvalue weighted by Gasteiger charge is 2.45. The molecule has 0 unspecified atom stereocenters.